The van der Waals surface area contributed by atoms with Gasteiger partial charge in [-0.3, -0.25) is 23.4 Å². The van der Waals surface area contributed by atoms with Gasteiger partial charge in [0.2, 0.25) is 11.8 Å². The van der Waals surface area contributed by atoms with E-state index < -0.39 is 102 Å². The predicted octanol–water partition coefficient (Wildman–Crippen LogP) is 13.6. The Morgan fingerprint density at radius 3 is 1.45 bits per heavy atom. The van der Waals surface area contributed by atoms with Gasteiger partial charge in [-0.1, -0.05) is 220 Å². The van der Waals surface area contributed by atoms with E-state index in [0.29, 0.717) is 25.7 Å². The first-order chi connectivity index (χ1) is 42.9. The molecule has 0 aromatic heterocycles. The van der Waals surface area contributed by atoms with Crippen molar-refractivity contribution in [2.45, 2.75) is 352 Å². The van der Waals surface area contributed by atoms with E-state index >= 15 is 0 Å². The molecule has 11 atom stereocenters. The van der Waals surface area contributed by atoms with Gasteiger partial charge in [0, 0.05) is 40.3 Å². The number of ketones is 1. The monoisotopic (exact) mass is 1310 g/mol. The second-order valence-electron chi connectivity index (χ2n) is 24.8. The van der Waals surface area contributed by atoms with Crippen LogP contribution in [0.5, 0.6) is 0 Å². The Kier molecular flexibility index (Phi) is 49.2. The van der Waals surface area contributed by atoms with Crippen molar-refractivity contribution < 1.29 is 90.4 Å². The number of nitrogens with one attached hydrogen (secondary N) is 2. The van der Waals surface area contributed by atoms with Crippen LogP contribution in [0.2, 0.25) is 0 Å². The summed E-state index contributed by atoms with van der Waals surface area (Å²) >= 11 is 0. The molecule has 0 spiro atoms. The van der Waals surface area contributed by atoms with Gasteiger partial charge in [0.15, 0.2) is 12.6 Å². The van der Waals surface area contributed by atoms with E-state index in [-0.39, 0.29) is 44.5 Å². The fourth-order valence-corrected chi connectivity index (χ4v) is 12.7. The van der Waals surface area contributed by atoms with Crippen molar-refractivity contribution in [2.24, 2.45) is 0 Å². The third-order valence-corrected chi connectivity index (χ3v) is 17.8. The van der Waals surface area contributed by atoms with E-state index in [9.17, 15) is 48.2 Å². The van der Waals surface area contributed by atoms with Crippen LogP contribution in [0.15, 0.2) is 12.2 Å². The molecule has 0 aliphatic carbocycles. The van der Waals surface area contributed by atoms with Crippen LogP contribution in [0.3, 0.4) is 0 Å². The number of phosphoric ester groups is 2. The van der Waals surface area contributed by atoms with E-state index in [2.05, 4.69) is 50.5 Å². The van der Waals surface area contributed by atoms with Crippen molar-refractivity contribution in [3.8, 4) is 0 Å². The van der Waals surface area contributed by atoms with Crippen LogP contribution in [0.1, 0.15) is 285 Å². The largest absolute Gasteiger partial charge is 0.472 e. The van der Waals surface area contributed by atoms with Crippen molar-refractivity contribution >= 4 is 33.2 Å². The second-order valence-corrected chi connectivity index (χ2v) is 27.2. The second kappa shape index (κ2) is 52.5. The molecular weight excluding hydrogens is 1190 g/mol. The van der Waals surface area contributed by atoms with Crippen LogP contribution in [-0.2, 0) is 65.7 Å². The fourth-order valence-electron chi connectivity index (χ4n) is 11.7. The zero-order valence-corrected chi connectivity index (χ0v) is 57.8. The zero-order valence-electron chi connectivity index (χ0n) is 56.0. The fraction of sp³-hybridized carbons (Fsp3) is 0.924. The van der Waals surface area contributed by atoms with Crippen LogP contribution in [0.25, 0.3) is 0 Å². The lowest BCUT2D eigenvalue weighted by Crippen LogP contribution is -2.67. The quantitative estimate of drug-likeness (QED) is 0.0129. The number of carbonyl (C=O) groups is 3. The van der Waals surface area contributed by atoms with Gasteiger partial charge in [0.25, 0.3) is 0 Å². The molecule has 21 nitrogen and oxygen atoms in total. The van der Waals surface area contributed by atoms with Gasteiger partial charge in [-0.05, 0) is 57.8 Å². The first-order valence-electron chi connectivity index (χ1n) is 35.0. The summed E-state index contributed by atoms with van der Waals surface area (Å²) in [6.45, 7) is 7.91. The minimum absolute atomic E-state index is 0.00889. The number of allylic oxidation sites excluding steroid dienone is 2. The van der Waals surface area contributed by atoms with Gasteiger partial charge in [-0.2, -0.15) is 0 Å². The van der Waals surface area contributed by atoms with Gasteiger partial charge in [-0.15, -0.1) is 0 Å². The van der Waals surface area contributed by atoms with Gasteiger partial charge in [0.05, 0.1) is 25.7 Å². The molecule has 0 aromatic carbocycles. The van der Waals surface area contributed by atoms with E-state index in [1.165, 1.54) is 58.5 Å². The van der Waals surface area contributed by atoms with E-state index in [4.69, 9.17) is 42.2 Å². The number of aliphatic hydroxyl groups is 1. The maximum atomic E-state index is 14.1. The van der Waals surface area contributed by atoms with Gasteiger partial charge in [-0.25, -0.2) is 9.13 Å². The van der Waals surface area contributed by atoms with Crippen LogP contribution >= 0.6 is 15.6 Å². The molecule has 2 aliphatic heterocycles. The third kappa shape index (κ3) is 41.0. The normalized spacial score (nSPS) is 22.9. The molecule has 2 aliphatic rings. The number of carbonyl (C=O) groups excluding carboxylic acids is 3. The SMILES string of the molecule is CCCCCC/C=C\CCCCCCCCCC(=O)NC1C(OCC2OC(OP(=O)(O)O)C(NC(=O)CC(=O)CCCCCCCCCCC)C(OCCCCCCCCCC)C2O)OC(COC)C(OP(=O)(O)O)C1OCCC(CCCCCCC)OC. The Hall–Kier alpha value is -1.75. The minimum atomic E-state index is -5.39. The van der Waals surface area contributed by atoms with Gasteiger partial charge < -0.3 is 68.5 Å². The Morgan fingerprint density at radius 1 is 0.472 bits per heavy atom. The Balaban J connectivity index is 2.45. The Labute approximate surface area is 536 Å². The standard InChI is InChI=1S/C66H126N2O19P2/c1-7-11-15-19-22-25-26-27-28-29-30-32-34-38-42-46-57(70)67-60-64(82-49-47-54(80-6)45-41-36-18-14-10-4)62(86-88(73,74)75)56(51-79-5)85-65(60)83-52-55-61(72)63(81-48-43-39-35-24-21-17-13-9-3)59(66(84-55)87-89(76,77)78)68-58(71)50-53(69)44-40-37-33-31-23-20-16-12-8-2/h25-26,54-56,59-66,72H,7-24,27-52H2,1-6H3,(H,67,70)(H,68,71)(H2,73,74,75)(H2,76,77,78)/b26-25-. The summed E-state index contributed by atoms with van der Waals surface area (Å²) in [4.78, 5) is 82.2. The molecule has 0 radical (unpaired) electrons. The molecule has 2 rings (SSSR count). The average molecular weight is 1310 g/mol. The lowest BCUT2D eigenvalue weighted by molar-refractivity contribution is -0.301. The maximum Gasteiger partial charge on any atom is 0.472 e. The lowest BCUT2D eigenvalue weighted by atomic mass is 9.95. The number of phosphoric acid groups is 2. The highest BCUT2D eigenvalue weighted by molar-refractivity contribution is 7.46. The number of ether oxygens (including phenoxy) is 7. The Bertz CT molecular complexity index is 1900. The summed E-state index contributed by atoms with van der Waals surface area (Å²) in [7, 11) is -7.69. The molecule has 89 heavy (non-hydrogen) atoms. The molecule has 7 N–H and O–H groups in total. The molecule has 0 aromatic rings. The summed E-state index contributed by atoms with van der Waals surface area (Å²) in [5.41, 5.74) is 0. The smallest absolute Gasteiger partial charge is 0.388 e. The summed E-state index contributed by atoms with van der Waals surface area (Å²) in [5.74, 6) is -1.52. The van der Waals surface area contributed by atoms with Crippen molar-refractivity contribution in [2.75, 3.05) is 40.6 Å². The van der Waals surface area contributed by atoms with Crippen molar-refractivity contribution in [3.05, 3.63) is 12.2 Å². The van der Waals surface area contributed by atoms with Crippen LogP contribution in [0.4, 0.5) is 0 Å². The lowest BCUT2D eigenvalue weighted by Gasteiger charge is -2.47. The molecular formula is C66H126N2O19P2. The molecule has 0 bridgehead atoms. The number of aliphatic hydroxyl groups excluding tert-OH is 1. The molecule has 524 valence electrons. The average Bonchev–Trinajstić information content (AvgIpc) is 0.966. The summed E-state index contributed by atoms with van der Waals surface area (Å²) < 4.78 is 79.3. The molecule has 23 heteroatoms. The van der Waals surface area contributed by atoms with E-state index in [1.54, 1.807) is 7.11 Å². The number of rotatable bonds is 59. The highest BCUT2D eigenvalue weighted by atomic mass is 31.2. The number of unbranched alkanes of at least 4 members (excludes halogenated alkanes) is 30. The minimum Gasteiger partial charge on any atom is -0.388 e. The van der Waals surface area contributed by atoms with Crippen molar-refractivity contribution in [1.29, 1.82) is 0 Å². The van der Waals surface area contributed by atoms with Gasteiger partial charge in [0.1, 0.15) is 54.5 Å². The first kappa shape index (κ1) is 83.3. The number of hydrogen-bond acceptors (Lipinski definition) is 15. The predicted molar refractivity (Wildman–Crippen MR) is 347 cm³/mol. The Morgan fingerprint density at radius 2 is 0.921 bits per heavy atom. The molecule has 2 fully saturated rings. The summed E-state index contributed by atoms with van der Waals surface area (Å²) in [5, 5.41) is 17.9. The highest BCUT2D eigenvalue weighted by Crippen LogP contribution is 2.44. The van der Waals surface area contributed by atoms with E-state index in [1.807, 2.05) is 0 Å². The van der Waals surface area contributed by atoms with Crippen LogP contribution in [-0.4, -0.2) is 150 Å². The molecule has 2 heterocycles. The third-order valence-electron chi connectivity index (χ3n) is 16.8. The van der Waals surface area contributed by atoms with Crippen LogP contribution < -0.4 is 10.6 Å². The zero-order chi connectivity index (χ0) is 65.4. The molecule has 0 saturated carbocycles. The molecule has 2 saturated heterocycles. The van der Waals surface area contributed by atoms with Gasteiger partial charge >= 0.3 is 15.6 Å². The maximum absolute atomic E-state index is 14.1. The number of Topliss-reactive ketones (excluding diaryl/α,β-unsaturated/α-hetero) is 1. The summed E-state index contributed by atoms with van der Waals surface area (Å²) in [6.07, 6.45) is 29.6. The van der Waals surface area contributed by atoms with Crippen LogP contribution in [0, 0.1) is 0 Å². The topological polar surface area (TPSA) is 294 Å². The number of amides is 2. The number of hydrogen-bond donors (Lipinski definition) is 7. The van der Waals surface area contributed by atoms with Crippen molar-refractivity contribution in [1.82, 2.24) is 10.6 Å². The first-order valence-corrected chi connectivity index (χ1v) is 38.1. The van der Waals surface area contributed by atoms with Crippen molar-refractivity contribution in [3.63, 3.8) is 0 Å². The molecule has 2 amide bonds. The molecule has 11 unspecified atom stereocenters. The number of methoxy groups -OCH3 is 2. The highest BCUT2D eigenvalue weighted by Gasteiger charge is 2.53. The summed E-state index contributed by atoms with van der Waals surface area (Å²) in [6, 6.07) is -2.84. The van der Waals surface area contributed by atoms with E-state index in [0.717, 1.165) is 161 Å².